The minimum absolute atomic E-state index is 0.328. The lowest BCUT2D eigenvalue weighted by molar-refractivity contribution is 0.178. The van der Waals surface area contributed by atoms with E-state index in [1.165, 1.54) is 16.8 Å². The van der Waals surface area contributed by atoms with Crippen molar-refractivity contribution < 1.29 is 5.11 Å². The van der Waals surface area contributed by atoms with E-state index in [9.17, 15) is 5.11 Å². The van der Waals surface area contributed by atoms with Crippen molar-refractivity contribution in [2.45, 2.75) is 31.9 Å². The molecule has 2 heteroatoms. The third-order valence-corrected chi connectivity index (χ3v) is 4.07. The molecule has 0 spiro atoms. The summed E-state index contributed by atoms with van der Waals surface area (Å²) in [4.78, 5) is 2.34. The van der Waals surface area contributed by atoms with E-state index >= 15 is 0 Å². The van der Waals surface area contributed by atoms with Crippen LogP contribution in [0.15, 0.2) is 54.6 Å². The fourth-order valence-electron chi connectivity index (χ4n) is 3.09. The van der Waals surface area contributed by atoms with E-state index < -0.39 is 0 Å². The number of benzene rings is 2. The first-order chi connectivity index (χ1) is 9.74. The molecule has 0 aliphatic carbocycles. The number of rotatable bonds is 4. The molecule has 2 aromatic rings. The van der Waals surface area contributed by atoms with Crippen LogP contribution in [0.25, 0.3) is 0 Å². The first kappa shape index (κ1) is 13.2. The molecule has 0 saturated carbocycles. The summed E-state index contributed by atoms with van der Waals surface area (Å²) < 4.78 is 0. The number of β-amino-alcohol motifs (C(OH)–C–C–N with tert-alkyl or cyclic N) is 1. The smallest absolute Gasteiger partial charge is 0.0755 e. The van der Waals surface area contributed by atoms with Crippen LogP contribution in [-0.4, -0.2) is 23.8 Å². The summed E-state index contributed by atoms with van der Waals surface area (Å²) >= 11 is 0. The zero-order valence-electron chi connectivity index (χ0n) is 11.9. The molecule has 1 aliphatic heterocycles. The number of aliphatic hydroxyl groups is 1. The fourth-order valence-corrected chi connectivity index (χ4v) is 3.09. The highest BCUT2D eigenvalue weighted by Gasteiger charge is 2.26. The summed E-state index contributed by atoms with van der Waals surface area (Å²) in [7, 11) is 0. The van der Waals surface area contributed by atoms with Crippen LogP contribution in [0.1, 0.15) is 18.1 Å². The summed E-state index contributed by atoms with van der Waals surface area (Å²) in [5.41, 5.74) is 3.87. The minimum Gasteiger partial charge on any atom is -0.391 e. The van der Waals surface area contributed by atoms with Crippen LogP contribution in [0, 0.1) is 0 Å². The molecular weight excluding hydrogens is 246 g/mol. The Balaban J connectivity index is 1.69. The van der Waals surface area contributed by atoms with Gasteiger partial charge >= 0.3 is 0 Å². The van der Waals surface area contributed by atoms with E-state index in [0.717, 1.165) is 6.42 Å². The molecule has 2 nitrogen and oxygen atoms in total. The molecule has 3 rings (SSSR count). The Morgan fingerprint density at radius 3 is 2.60 bits per heavy atom. The zero-order valence-corrected chi connectivity index (χ0v) is 11.9. The quantitative estimate of drug-likeness (QED) is 0.920. The zero-order chi connectivity index (χ0) is 13.9. The Morgan fingerprint density at radius 2 is 1.80 bits per heavy atom. The van der Waals surface area contributed by atoms with Crippen LogP contribution in [0.3, 0.4) is 0 Å². The lowest BCUT2D eigenvalue weighted by Crippen LogP contribution is -2.37. The van der Waals surface area contributed by atoms with Crippen molar-refractivity contribution in [3.8, 4) is 0 Å². The van der Waals surface area contributed by atoms with Crippen LogP contribution >= 0.6 is 0 Å². The Bertz CT molecular complexity index is 567. The van der Waals surface area contributed by atoms with E-state index in [0.29, 0.717) is 19.0 Å². The van der Waals surface area contributed by atoms with E-state index in [1.807, 2.05) is 18.2 Å². The molecule has 2 aromatic carbocycles. The van der Waals surface area contributed by atoms with E-state index in [-0.39, 0.29) is 6.10 Å². The summed E-state index contributed by atoms with van der Waals surface area (Å²) in [5, 5.41) is 10.4. The normalized spacial score (nSPS) is 18.9. The highest BCUT2D eigenvalue weighted by Crippen LogP contribution is 2.31. The molecule has 1 N–H and O–H groups in total. The number of fused-ring (bicyclic) bond motifs is 1. The van der Waals surface area contributed by atoms with Crippen molar-refractivity contribution in [2.75, 3.05) is 11.4 Å². The average molecular weight is 267 g/mol. The standard InChI is InChI=1S/C18H21NO/c1-14-11-16-9-5-6-10-18(16)19(14)13-17(20)12-15-7-3-2-4-8-15/h2-10,14,17,20H,11-13H2,1H3. The largest absolute Gasteiger partial charge is 0.391 e. The Kier molecular flexibility index (Phi) is 3.75. The van der Waals surface area contributed by atoms with Gasteiger partial charge in [-0.15, -0.1) is 0 Å². The van der Waals surface area contributed by atoms with Crippen LogP contribution in [0.4, 0.5) is 5.69 Å². The SMILES string of the molecule is CC1Cc2ccccc2N1CC(O)Cc1ccccc1. The van der Waals surface area contributed by atoms with Gasteiger partial charge in [-0.2, -0.15) is 0 Å². The van der Waals surface area contributed by atoms with Gasteiger partial charge in [-0.25, -0.2) is 0 Å². The van der Waals surface area contributed by atoms with Gasteiger partial charge in [0.1, 0.15) is 0 Å². The molecule has 1 heterocycles. The molecule has 0 amide bonds. The molecular formula is C18H21NO. The van der Waals surface area contributed by atoms with Crippen molar-refractivity contribution in [1.82, 2.24) is 0 Å². The van der Waals surface area contributed by atoms with Crippen molar-refractivity contribution >= 4 is 5.69 Å². The number of hydrogen-bond donors (Lipinski definition) is 1. The highest BCUT2D eigenvalue weighted by molar-refractivity contribution is 5.59. The number of hydrogen-bond acceptors (Lipinski definition) is 2. The molecule has 0 fully saturated rings. The summed E-state index contributed by atoms with van der Waals surface area (Å²) in [6.07, 6.45) is 1.46. The van der Waals surface area contributed by atoms with Gasteiger partial charge < -0.3 is 10.0 Å². The lowest BCUT2D eigenvalue weighted by atomic mass is 10.1. The van der Waals surface area contributed by atoms with Crippen LogP contribution < -0.4 is 4.90 Å². The fraction of sp³-hybridized carbons (Fsp3) is 0.333. The third kappa shape index (κ3) is 2.70. The first-order valence-corrected chi connectivity index (χ1v) is 7.30. The van der Waals surface area contributed by atoms with Gasteiger partial charge in [0.15, 0.2) is 0 Å². The van der Waals surface area contributed by atoms with Crippen molar-refractivity contribution in [2.24, 2.45) is 0 Å². The van der Waals surface area contributed by atoms with Crippen molar-refractivity contribution in [3.05, 3.63) is 65.7 Å². The topological polar surface area (TPSA) is 23.5 Å². The summed E-state index contributed by atoms with van der Waals surface area (Å²) in [5.74, 6) is 0. The lowest BCUT2D eigenvalue weighted by Gasteiger charge is -2.27. The maximum absolute atomic E-state index is 10.4. The molecule has 2 atom stereocenters. The number of anilines is 1. The maximum Gasteiger partial charge on any atom is 0.0755 e. The van der Waals surface area contributed by atoms with Gasteiger partial charge in [-0.1, -0.05) is 48.5 Å². The second kappa shape index (κ2) is 5.68. The Morgan fingerprint density at radius 1 is 1.10 bits per heavy atom. The maximum atomic E-state index is 10.4. The van der Waals surface area contributed by atoms with E-state index in [4.69, 9.17) is 0 Å². The average Bonchev–Trinajstić information content (AvgIpc) is 2.76. The molecule has 2 unspecified atom stereocenters. The van der Waals surface area contributed by atoms with Gasteiger partial charge in [0, 0.05) is 24.7 Å². The minimum atomic E-state index is -0.328. The summed E-state index contributed by atoms with van der Waals surface area (Å²) in [6.45, 7) is 2.93. The predicted molar refractivity (Wildman–Crippen MR) is 83.1 cm³/mol. The van der Waals surface area contributed by atoms with Crippen molar-refractivity contribution in [3.63, 3.8) is 0 Å². The Hall–Kier alpha value is -1.80. The number of para-hydroxylation sites is 1. The van der Waals surface area contributed by atoms with Crippen molar-refractivity contribution in [1.29, 1.82) is 0 Å². The molecule has 1 aliphatic rings. The van der Waals surface area contributed by atoms with Gasteiger partial charge in [0.05, 0.1) is 6.10 Å². The second-order valence-electron chi connectivity index (χ2n) is 5.68. The number of aliphatic hydroxyl groups excluding tert-OH is 1. The van der Waals surface area contributed by atoms with Gasteiger partial charge in [0.2, 0.25) is 0 Å². The van der Waals surface area contributed by atoms with Crippen LogP contribution in [0.5, 0.6) is 0 Å². The van der Waals surface area contributed by atoms with E-state index in [2.05, 4.69) is 48.2 Å². The molecule has 0 saturated heterocycles. The molecule has 0 aromatic heterocycles. The Labute approximate surface area is 120 Å². The van der Waals surface area contributed by atoms with Crippen LogP contribution in [0.2, 0.25) is 0 Å². The molecule has 20 heavy (non-hydrogen) atoms. The van der Waals surface area contributed by atoms with Gasteiger partial charge in [-0.05, 0) is 30.5 Å². The first-order valence-electron chi connectivity index (χ1n) is 7.30. The predicted octanol–water partition coefficient (Wildman–Crippen LogP) is 3.04. The third-order valence-electron chi connectivity index (χ3n) is 4.07. The second-order valence-corrected chi connectivity index (χ2v) is 5.68. The number of nitrogens with zero attached hydrogens (tertiary/aromatic N) is 1. The summed E-state index contributed by atoms with van der Waals surface area (Å²) in [6, 6.07) is 19.2. The van der Waals surface area contributed by atoms with E-state index in [1.54, 1.807) is 0 Å². The molecule has 0 bridgehead atoms. The molecule has 104 valence electrons. The monoisotopic (exact) mass is 267 g/mol. The highest BCUT2D eigenvalue weighted by atomic mass is 16.3. The van der Waals surface area contributed by atoms with Gasteiger partial charge in [-0.3, -0.25) is 0 Å². The van der Waals surface area contributed by atoms with Crippen LogP contribution in [-0.2, 0) is 12.8 Å². The molecule has 0 radical (unpaired) electrons. The van der Waals surface area contributed by atoms with Gasteiger partial charge in [0.25, 0.3) is 0 Å².